The van der Waals surface area contributed by atoms with Gasteiger partial charge < -0.3 is 10.3 Å². The molecule has 1 unspecified atom stereocenters. The number of aromatic nitrogens is 1. The molecule has 0 aliphatic carbocycles. The standard InChI is InChI=1S/C19H22N2/c1-15(16-7-3-2-4-8-16)11-12-20-13-17-14-21-19-10-6-5-9-18(17)19/h2-10,14-15,20-21H,11-13H2,1H3. The lowest BCUT2D eigenvalue weighted by molar-refractivity contribution is 0.595. The van der Waals surface area contributed by atoms with Crippen LogP contribution in [0.4, 0.5) is 0 Å². The Kier molecular flexibility index (Phi) is 4.37. The Morgan fingerprint density at radius 3 is 2.62 bits per heavy atom. The van der Waals surface area contributed by atoms with Gasteiger partial charge in [0.05, 0.1) is 0 Å². The summed E-state index contributed by atoms with van der Waals surface area (Å²) in [5.74, 6) is 0.599. The van der Waals surface area contributed by atoms with Gasteiger partial charge in [-0.2, -0.15) is 0 Å². The normalized spacial score (nSPS) is 12.6. The first-order valence-electron chi connectivity index (χ1n) is 7.65. The topological polar surface area (TPSA) is 27.8 Å². The average Bonchev–Trinajstić information content (AvgIpc) is 2.95. The fraction of sp³-hybridized carbons (Fsp3) is 0.263. The molecule has 1 aromatic heterocycles. The predicted octanol–water partition coefficient (Wildman–Crippen LogP) is 4.45. The number of nitrogens with one attached hydrogen (secondary N) is 2. The van der Waals surface area contributed by atoms with Crippen molar-refractivity contribution in [3.05, 3.63) is 71.9 Å². The van der Waals surface area contributed by atoms with Gasteiger partial charge in [0.2, 0.25) is 0 Å². The summed E-state index contributed by atoms with van der Waals surface area (Å²) in [4.78, 5) is 3.32. The summed E-state index contributed by atoms with van der Waals surface area (Å²) in [6.07, 6.45) is 3.27. The lowest BCUT2D eigenvalue weighted by Gasteiger charge is -2.12. The molecule has 0 fully saturated rings. The molecule has 0 amide bonds. The van der Waals surface area contributed by atoms with E-state index in [1.54, 1.807) is 0 Å². The summed E-state index contributed by atoms with van der Waals surface area (Å²) >= 11 is 0. The van der Waals surface area contributed by atoms with E-state index >= 15 is 0 Å². The number of rotatable bonds is 6. The second-order valence-corrected chi connectivity index (χ2v) is 5.64. The summed E-state index contributed by atoms with van der Waals surface area (Å²) in [7, 11) is 0. The fourth-order valence-corrected chi connectivity index (χ4v) is 2.77. The molecule has 21 heavy (non-hydrogen) atoms. The summed E-state index contributed by atoms with van der Waals surface area (Å²) in [5, 5.41) is 4.88. The highest BCUT2D eigenvalue weighted by atomic mass is 14.9. The number of hydrogen-bond acceptors (Lipinski definition) is 1. The van der Waals surface area contributed by atoms with Crippen LogP contribution in [0.25, 0.3) is 10.9 Å². The van der Waals surface area contributed by atoms with Crippen molar-refractivity contribution in [2.75, 3.05) is 6.54 Å². The van der Waals surface area contributed by atoms with Crippen LogP contribution >= 0.6 is 0 Å². The quantitative estimate of drug-likeness (QED) is 0.640. The number of benzene rings is 2. The molecule has 2 N–H and O–H groups in total. The molecule has 2 heteroatoms. The van der Waals surface area contributed by atoms with Crippen LogP contribution in [0.2, 0.25) is 0 Å². The predicted molar refractivity (Wildman–Crippen MR) is 89.5 cm³/mol. The van der Waals surface area contributed by atoms with Gasteiger partial charge in [-0.05, 0) is 36.1 Å². The monoisotopic (exact) mass is 278 g/mol. The molecule has 1 atom stereocenters. The third-order valence-electron chi connectivity index (χ3n) is 4.11. The van der Waals surface area contributed by atoms with E-state index in [0.29, 0.717) is 5.92 Å². The number of hydrogen-bond donors (Lipinski definition) is 2. The molecule has 0 aliphatic rings. The highest BCUT2D eigenvalue weighted by molar-refractivity contribution is 5.82. The second kappa shape index (κ2) is 6.59. The van der Waals surface area contributed by atoms with E-state index in [4.69, 9.17) is 0 Å². The fourth-order valence-electron chi connectivity index (χ4n) is 2.77. The first-order valence-corrected chi connectivity index (χ1v) is 7.65. The Labute approximate surface area is 126 Å². The zero-order valence-electron chi connectivity index (χ0n) is 12.5. The minimum absolute atomic E-state index is 0.599. The number of H-pyrrole nitrogens is 1. The number of fused-ring (bicyclic) bond motifs is 1. The van der Waals surface area contributed by atoms with Crippen LogP contribution in [-0.4, -0.2) is 11.5 Å². The Hall–Kier alpha value is -2.06. The molecular weight excluding hydrogens is 256 g/mol. The summed E-state index contributed by atoms with van der Waals surface area (Å²) in [5.41, 5.74) is 3.98. The third kappa shape index (κ3) is 3.34. The van der Waals surface area contributed by atoms with Crippen LogP contribution in [0.5, 0.6) is 0 Å². The second-order valence-electron chi connectivity index (χ2n) is 5.64. The van der Waals surface area contributed by atoms with Crippen molar-refractivity contribution in [2.45, 2.75) is 25.8 Å². The Bertz CT molecular complexity index is 685. The highest BCUT2D eigenvalue weighted by Crippen LogP contribution is 2.19. The van der Waals surface area contributed by atoms with Gasteiger partial charge in [-0.15, -0.1) is 0 Å². The van der Waals surface area contributed by atoms with Crippen molar-refractivity contribution in [1.82, 2.24) is 10.3 Å². The van der Waals surface area contributed by atoms with Gasteiger partial charge in [-0.25, -0.2) is 0 Å². The van der Waals surface area contributed by atoms with E-state index in [9.17, 15) is 0 Å². The number of aromatic amines is 1. The van der Waals surface area contributed by atoms with Crippen LogP contribution in [0.1, 0.15) is 30.4 Å². The summed E-state index contributed by atoms with van der Waals surface area (Å²) < 4.78 is 0. The Morgan fingerprint density at radius 1 is 1.00 bits per heavy atom. The van der Waals surface area contributed by atoms with E-state index in [1.165, 1.54) is 22.0 Å². The van der Waals surface area contributed by atoms with E-state index in [2.05, 4.69) is 78.0 Å². The molecule has 108 valence electrons. The van der Waals surface area contributed by atoms with Crippen molar-refractivity contribution >= 4 is 10.9 Å². The van der Waals surface area contributed by atoms with Crippen molar-refractivity contribution < 1.29 is 0 Å². The third-order valence-corrected chi connectivity index (χ3v) is 4.11. The van der Waals surface area contributed by atoms with Crippen molar-refractivity contribution in [3.8, 4) is 0 Å². The smallest absolute Gasteiger partial charge is 0.0457 e. The maximum absolute atomic E-state index is 3.56. The van der Waals surface area contributed by atoms with Gasteiger partial charge in [-0.1, -0.05) is 55.5 Å². The highest BCUT2D eigenvalue weighted by Gasteiger charge is 2.05. The van der Waals surface area contributed by atoms with E-state index in [0.717, 1.165) is 19.5 Å². The molecular formula is C19H22N2. The molecule has 0 spiro atoms. The molecule has 3 aromatic rings. The van der Waals surface area contributed by atoms with Gasteiger partial charge in [0.1, 0.15) is 0 Å². The molecule has 0 saturated heterocycles. The minimum Gasteiger partial charge on any atom is -0.361 e. The molecule has 0 bridgehead atoms. The summed E-state index contributed by atoms with van der Waals surface area (Å²) in [6, 6.07) is 19.2. The van der Waals surface area contributed by atoms with Crippen LogP contribution in [0, 0.1) is 0 Å². The van der Waals surface area contributed by atoms with Crippen LogP contribution in [0.3, 0.4) is 0 Å². The van der Waals surface area contributed by atoms with Crippen LogP contribution in [-0.2, 0) is 6.54 Å². The molecule has 2 aromatic carbocycles. The van der Waals surface area contributed by atoms with Gasteiger partial charge in [0.15, 0.2) is 0 Å². The van der Waals surface area contributed by atoms with Crippen molar-refractivity contribution in [3.63, 3.8) is 0 Å². The van der Waals surface area contributed by atoms with Gasteiger partial charge in [0.25, 0.3) is 0 Å². The molecule has 0 aliphatic heterocycles. The Morgan fingerprint density at radius 2 is 1.76 bits per heavy atom. The maximum Gasteiger partial charge on any atom is 0.0457 e. The molecule has 2 nitrogen and oxygen atoms in total. The minimum atomic E-state index is 0.599. The first-order chi connectivity index (χ1) is 10.3. The molecule has 3 rings (SSSR count). The number of para-hydroxylation sites is 1. The lowest BCUT2D eigenvalue weighted by Crippen LogP contribution is -2.16. The maximum atomic E-state index is 3.56. The van der Waals surface area contributed by atoms with E-state index in [1.807, 2.05) is 0 Å². The zero-order chi connectivity index (χ0) is 14.5. The summed E-state index contributed by atoms with van der Waals surface area (Å²) in [6.45, 7) is 4.25. The van der Waals surface area contributed by atoms with Crippen molar-refractivity contribution in [1.29, 1.82) is 0 Å². The van der Waals surface area contributed by atoms with Gasteiger partial charge in [-0.3, -0.25) is 0 Å². The van der Waals surface area contributed by atoms with Crippen molar-refractivity contribution in [2.24, 2.45) is 0 Å². The SMILES string of the molecule is CC(CCNCc1c[nH]c2ccccc12)c1ccccc1. The van der Waals surface area contributed by atoms with E-state index < -0.39 is 0 Å². The van der Waals surface area contributed by atoms with Gasteiger partial charge in [0, 0.05) is 23.6 Å². The van der Waals surface area contributed by atoms with Gasteiger partial charge >= 0.3 is 0 Å². The van der Waals surface area contributed by atoms with Crippen LogP contribution < -0.4 is 5.32 Å². The molecule has 0 saturated carbocycles. The largest absolute Gasteiger partial charge is 0.361 e. The lowest BCUT2D eigenvalue weighted by atomic mass is 9.98. The van der Waals surface area contributed by atoms with Crippen LogP contribution in [0.15, 0.2) is 60.8 Å². The zero-order valence-corrected chi connectivity index (χ0v) is 12.5. The van der Waals surface area contributed by atoms with E-state index in [-0.39, 0.29) is 0 Å². The molecule has 1 heterocycles. The Balaban J connectivity index is 1.50. The first kappa shape index (κ1) is 13.9. The average molecular weight is 278 g/mol. The molecule has 0 radical (unpaired) electrons.